The highest BCUT2D eigenvalue weighted by molar-refractivity contribution is 6.39. The number of hydrogen-bond acceptors (Lipinski definition) is 5. The molecule has 0 atom stereocenters. The van der Waals surface area contributed by atoms with E-state index in [0.29, 0.717) is 29.4 Å². The molecule has 0 aromatic heterocycles. The normalized spacial score (nSPS) is 14.7. The predicted octanol–water partition coefficient (Wildman–Crippen LogP) is 5.25. The molecule has 0 bridgehead atoms. The molecular weight excluding hydrogens is 463 g/mol. The first-order valence-corrected chi connectivity index (χ1v) is 11.6. The Labute approximate surface area is 208 Å². The maximum Gasteiger partial charge on any atom is 0.335 e. The highest BCUT2D eigenvalue weighted by Gasteiger charge is 2.36. The van der Waals surface area contributed by atoms with E-state index in [4.69, 9.17) is 9.47 Å². The number of nitrogens with one attached hydrogen (secondary N) is 1. The average molecular weight is 489 g/mol. The Balaban J connectivity index is 1.46. The number of anilines is 1. The van der Waals surface area contributed by atoms with Gasteiger partial charge in [0.2, 0.25) is 0 Å². The molecule has 3 aromatic rings. The SMILES string of the molecule is CCCCOc1ccc(N2C(=O)NC(=O)/C(=C/c3ccc(OCc4ccc(F)cc4)cc3)C2=O)cc1. The molecule has 0 radical (unpaired) electrons. The van der Waals surface area contributed by atoms with Crippen LogP contribution in [0.5, 0.6) is 11.5 Å². The summed E-state index contributed by atoms with van der Waals surface area (Å²) in [5.74, 6) is -0.604. The predicted molar refractivity (Wildman–Crippen MR) is 133 cm³/mol. The van der Waals surface area contributed by atoms with Gasteiger partial charge >= 0.3 is 6.03 Å². The Hall–Kier alpha value is -4.46. The van der Waals surface area contributed by atoms with E-state index in [-0.39, 0.29) is 18.0 Å². The van der Waals surface area contributed by atoms with Gasteiger partial charge in [-0.25, -0.2) is 14.1 Å². The van der Waals surface area contributed by atoms with Gasteiger partial charge in [0.25, 0.3) is 11.8 Å². The summed E-state index contributed by atoms with van der Waals surface area (Å²) in [4.78, 5) is 38.9. The molecule has 8 heteroatoms. The smallest absolute Gasteiger partial charge is 0.335 e. The Morgan fingerprint density at radius 1 is 0.861 bits per heavy atom. The van der Waals surface area contributed by atoms with Crippen molar-refractivity contribution in [3.05, 3.63) is 95.3 Å². The van der Waals surface area contributed by atoms with E-state index in [1.807, 2.05) is 0 Å². The summed E-state index contributed by atoms with van der Waals surface area (Å²) in [5, 5.41) is 2.22. The minimum absolute atomic E-state index is 0.169. The van der Waals surface area contributed by atoms with Crippen LogP contribution in [-0.4, -0.2) is 24.5 Å². The molecular formula is C28H25FN2O5. The van der Waals surface area contributed by atoms with Gasteiger partial charge in [0.05, 0.1) is 12.3 Å². The van der Waals surface area contributed by atoms with Crippen molar-refractivity contribution in [2.24, 2.45) is 0 Å². The number of carbonyl (C=O) groups is 3. The van der Waals surface area contributed by atoms with Crippen molar-refractivity contribution in [2.45, 2.75) is 26.4 Å². The summed E-state index contributed by atoms with van der Waals surface area (Å²) in [5.41, 5.74) is 1.55. The lowest BCUT2D eigenvalue weighted by Crippen LogP contribution is -2.54. The first kappa shape index (κ1) is 24.7. The van der Waals surface area contributed by atoms with E-state index < -0.39 is 17.8 Å². The van der Waals surface area contributed by atoms with E-state index in [1.165, 1.54) is 18.2 Å². The van der Waals surface area contributed by atoms with Crippen LogP contribution in [0.15, 0.2) is 78.4 Å². The Bertz CT molecular complexity index is 1270. The van der Waals surface area contributed by atoms with Gasteiger partial charge in [-0.1, -0.05) is 37.6 Å². The number of ether oxygens (including phenoxy) is 2. The van der Waals surface area contributed by atoms with Crippen molar-refractivity contribution in [1.29, 1.82) is 0 Å². The molecule has 0 aliphatic carbocycles. The molecule has 0 spiro atoms. The summed E-state index contributed by atoms with van der Waals surface area (Å²) in [6, 6.07) is 18.5. The number of unbranched alkanes of at least 4 members (excludes halogenated alkanes) is 1. The minimum Gasteiger partial charge on any atom is -0.494 e. The van der Waals surface area contributed by atoms with Crippen molar-refractivity contribution in [1.82, 2.24) is 5.32 Å². The molecule has 36 heavy (non-hydrogen) atoms. The zero-order chi connectivity index (χ0) is 25.5. The molecule has 1 aliphatic rings. The second-order valence-electron chi connectivity index (χ2n) is 8.14. The fourth-order valence-corrected chi connectivity index (χ4v) is 3.49. The van der Waals surface area contributed by atoms with Gasteiger partial charge in [-0.3, -0.25) is 14.9 Å². The number of benzene rings is 3. The van der Waals surface area contributed by atoms with Crippen LogP contribution in [-0.2, 0) is 16.2 Å². The van der Waals surface area contributed by atoms with Crippen LogP contribution < -0.4 is 19.7 Å². The quantitative estimate of drug-likeness (QED) is 0.253. The lowest BCUT2D eigenvalue weighted by molar-refractivity contribution is -0.122. The number of hydrogen-bond donors (Lipinski definition) is 1. The molecule has 0 saturated carbocycles. The Kier molecular flexibility index (Phi) is 7.75. The number of amides is 4. The van der Waals surface area contributed by atoms with Crippen molar-refractivity contribution in [3.63, 3.8) is 0 Å². The third kappa shape index (κ3) is 5.96. The van der Waals surface area contributed by atoms with Crippen molar-refractivity contribution < 1.29 is 28.2 Å². The van der Waals surface area contributed by atoms with E-state index >= 15 is 0 Å². The van der Waals surface area contributed by atoms with Gasteiger partial charge in [0.15, 0.2) is 0 Å². The van der Waals surface area contributed by atoms with Gasteiger partial charge < -0.3 is 9.47 Å². The summed E-state index contributed by atoms with van der Waals surface area (Å²) in [6.45, 7) is 2.91. The molecule has 184 valence electrons. The van der Waals surface area contributed by atoms with Crippen molar-refractivity contribution >= 4 is 29.6 Å². The maximum atomic E-state index is 13.1. The molecule has 1 heterocycles. The van der Waals surface area contributed by atoms with Crippen molar-refractivity contribution in [3.8, 4) is 11.5 Å². The molecule has 1 aliphatic heterocycles. The standard InChI is InChI=1S/C28H25FN2O5/c1-2-3-16-35-23-14-10-22(11-15-23)31-27(33)25(26(32)30-28(31)34)17-19-6-12-24(13-7-19)36-18-20-4-8-21(29)9-5-20/h4-15,17H,2-3,16,18H2,1H3,(H,30,32,34)/b25-17-. The van der Waals surface area contributed by atoms with E-state index in [0.717, 1.165) is 23.3 Å². The number of urea groups is 1. The monoisotopic (exact) mass is 488 g/mol. The van der Waals surface area contributed by atoms with Crippen LogP contribution in [0.1, 0.15) is 30.9 Å². The van der Waals surface area contributed by atoms with Gasteiger partial charge in [0, 0.05) is 0 Å². The number of halogens is 1. The van der Waals surface area contributed by atoms with E-state index in [1.54, 1.807) is 60.7 Å². The molecule has 3 aromatic carbocycles. The second-order valence-corrected chi connectivity index (χ2v) is 8.14. The van der Waals surface area contributed by atoms with Gasteiger partial charge in [-0.15, -0.1) is 0 Å². The third-order valence-corrected chi connectivity index (χ3v) is 5.47. The fraction of sp³-hybridized carbons (Fsp3) is 0.179. The third-order valence-electron chi connectivity index (χ3n) is 5.47. The lowest BCUT2D eigenvalue weighted by atomic mass is 10.1. The van der Waals surface area contributed by atoms with Crippen LogP contribution in [0.3, 0.4) is 0 Å². The van der Waals surface area contributed by atoms with Crippen LogP contribution in [0.25, 0.3) is 6.08 Å². The lowest BCUT2D eigenvalue weighted by Gasteiger charge is -2.26. The van der Waals surface area contributed by atoms with E-state index in [2.05, 4.69) is 12.2 Å². The molecule has 1 fully saturated rings. The largest absolute Gasteiger partial charge is 0.494 e. The number of barbiturate groups is 1. The summed E-state index contributed by atoms with van der Waals surface area (Å²) in [7, 11) is 0. The molecule has 1 saturated heterocycles. The number of nitrogens with zero attached hydrogens (tertiary/aromatic N) is 1. The highest BCUT2D eigenvalue weighted by atomic mass is 19.1. The zero-order valence-electron chi connectivity index (χ0n) is 19.7. The highest BCUT2D eigenvalue weighted by Crippen LogP contribution is 2.25. The first-order valence-electron chi connectivity index (χ1n) is 11.6. The van der Waals surface area contributed by atoms with E-state index in [9.17, 15) is 18.8 Å². The number of imide groups is 2. The molecule has 1 N–H and O–H groups in total. The summed E-state index contributed by atoms with van der Waals surface area (Å²) < 4.78 is 24.3. The maximum absolute atomic E-state index is 13.1. The molecule has 4 rings (SSSR count). The Morgan fingerprint density at radius 3 is 2.17 bits per heavy atom. The molecule has 0 unspecified atom stereocenters. The van der Waals surface area contributed by atoms with Gasteiger partial charge in [-0.2, -0.15) is 0 Å². The second kappa shape index (κ2) is 11.3. The number of carbonyl (C=O) groups excluding carboxylic acids is 3. The fourth-order valence-electron chi connectivity index (χ4n) is 3.49. The molecule has 7 nitrogen and oxygen atoms in total. The topological polar surface area (TPSA) is 84.9 Å². The van der Waals surface area contributed by atoms with Gasteiger partial charge in [-0.05, 0) is 72.2 Å². The summed E-state index contributed by atoms with van der Waals surface area (Å²) in [6.07, 6.45) is 3.35. The average Bonchev–Trinajstić information content (AvgIpc) is 2.88. The van der Waals surface area contributed by atoms with Crippen LogP contribution >= 0.6 is 0 Å². The summed E-state index contributed by atoms with van der Waals surface area (Å²) >= 11 is 0. The first-order chi connectivity index (χ1) is 17.4. The van der Waals surface area contributed by atoms with Crippen LogP contribution in [0.2, 0.25) is 0 Å². The van der Waals surface area contributed by atoms with Crippen LogP contribution in [0.4, 0.5) is 14.9 Å². The molecule has 4 amide bonds. The minimum atomic E-state index is -0.814. The zero-order valence-corrected chi connectivity index (χ0v) is 19.7. The van der Waals surface area contributed by atoms with Crippen molar-refractivity contribution in [2.75, 3.05) is 11.5 Å². The van der Waals surface area contributed by atoms with Crippen LogP contribution in [0, 0.1) is 5.82 Å². The number of rotatable bonds is 9. The van der Waals surface area contributed by atoms with Gasteiger partial charge in [0.1, 0.15) is 29.5 Å². The Morgan fingerprint density at radius 2 is 1.50 bits per heavy atom.